The van der Waals surface area contributed by atoms with E-state index in [4.69, 9.17) is 6.11 Å². The third-order valence-electron chi connectivity index (χ3n) is 8.61. The van der Waals surface area contributed by atoms with Crippen LogP contribution in [0.5, 0.6) is 0 Å². The molecule has 3 heteroatoms. The van der Waals surface area contributed by atoms with Crippen LogP contribution in [-0.2, 0) is 14.3 Å². The molecule has 3 fully saturated rings. The van der Waals surface area contributed by atoms with Crippen LogP contribution in [0.3, 0.4) is 0 Å². The van der Waals surface area contributed by atoms with Crippen molar-refractivity contribution in [2.45, 2.75) is 72.8 Å². The molecule has 0 radical (unpaired) electrons. The Kier molecular flexibility index (Phi) is 3.21. The topological polar surface area (TPSA) is 43.4 Å². The van der Waals surface area contributed by atoms with Crippen molar-refractivity contribution < 1.29 is 15.7 Å². The number of fused-ring (bicyclic) bond motifs is 3. The Balaban J connectivity index is 1.88. The minimum atomic E-state index is -0.435. The molecular formula is C22H32O3. The molecule has 0 N–H and O–H groups in total. The van der Waals surface area contributed by atoms with Gasteiger partial charge in [0.15, 0.2) is 0 Å². The van der Waals surface area contributed by atoms with Crippen LogP contribution in [0.25, 0.3) is 0 Å². The lowest BCUT2D eigenvalue weighted by Crippen LogP contribution is -2.62. The van der Waals surface area contributed by atoms with Crippen LogP contribution in [0, 0.1) is 39.4 Å². The number of aldehydes is 1. The maximum absolute atomic E-state index is 12.5. The summed E-state index contributed by atoms with van der Waals surface area (Å²) in [6, 6.07) is 0. The maximum atomic E-state index is 12.5. The summed E-state index contributed by atoms with van der Waals surface area (Å²) in [4.78, 5) is 24.4. The van der Waals surface area contributed by atoms with Crippen LogP contribution in [0.15, 0.2) is 12.2 Å². The fourth-order valence-electron chi connectivity index (χ4n) is 7.80. The number of ether oxygens (including phenoxy) is 1. The van der Waals surface area contributed by atoms with Gasteiger partial charge in [-0.15, -0.1) is 0 Å². The second-order valence-corrected chi connectivity index (χ2v) is 10.4. The van der Waals surface area contributed by atoms with Gasteiger partial charge in [-0.3, -0.25) is 4.79 Å². The fraction of sp³-hybridized carbons (Fsp3) is 0.818. The second kappa shape index (κ2) is 4.98. The van der Waals surface area contributed by atoms with Gasteiger partial charge < -0.3 is 9.53 Å². The van der Waals surface area contributed by atoms with Gasteiger partial charge in [0, 0.05) is 18.3 Å². The van der Waals surface area contributed by atoms with Gasteiger partial charge in [-0.1, -0.05) is 39.8 Å². The molecule has 25 heavy (non-hydrogen) atoms. The van der Waals surface area contributed by atoms with Crippen LogP contribution in [0.2, 0.25) is 0 Å². The molecule has 0 heterocycles. The molecule has 0 aromatic rings. The molecule has 3 nitrogen and oxygen atoms in total. The Morgan fingerprint density at radius 2 is 1.92 bits per heavy atom. The monoisotopic (exact) mass is 345 g/mol. The highest BCUT2D eigenvalue weighted by atomic mass is 16.5. The Labute approximate surface area is 153 Å². The molecule has 2 unspecified atom stereocenters. The predicted molar refractivity (Wildman–Crippen MR) is 96.7 cm³/mol. The van der Waals surface area contributed by atoms with Crippen LogP contribution in [0.4, 0.5) is 0 Å². The number of allylic oxidation sites excluding steroid dienone is 2. The zero-order chi connectivity index (χ0) is 19.1. The molecule has 0 amide bonds. The van der Waals surface area contributed by atoms with Gasteiger partial charge in [0.25, 0.3) is 0 Å². The molecule has 2 bridgehead atoms. The first-order valence-electron chi connectivity index (χ1n) is 10.3. The largest absolute Gasteiger partial charge is 0.462 e. The standard InChI is InChI=1S/C22H32O3/c1-14(24)25-17-7-8-19(2,3)16-6-9-22-11-10-20(4,13-22)15(12-23)18(22)21(16,17)5/h10-12,15-18H,6-9,13H2,1-5H3/t15-,16?,17+,18?,20-,21+,22+/m1/s1/i12D. The van der Waals surface area contributed by atoms with Crippen molar-refractivity contribution in [1.82, 2.24) is 0 Å². The summed E-state index contributed by atoms with van der Waals surface area (Å²) in [7, 11) is 0. The van der Waals surface area contributed by atoms with Gasteiger partial charge in [-0.05, 0) is 60.2 Å². The molecule has 1 spiro atoms. The summed E-state index contributed by atoms with van der Waals surface area (Å²) in [5.74, 6) is -0.0141. The third kappa shape index (κ3) is 2.04. The van der Waals surface area contributed by atoms with E-state index in [-0.39, 0.29) is 45.6 Å². The van der Waals surface area contributed by atoms with Crippen molar-refractivity contribution in [3.05, 3.63) is 12.2 Å². The zero-order valence-electron chi connectivity index (χ0n) is 17.2. The van der Waals surface area contributed by atoms with E-state index in [2.05, 4.69) is 39.8 Å². The molecular weight excluding hydrogens is 312 g/mol. The summed E-state index contributed by atoms with van der Waals surface area (Å²) in [5.41, 5.74) is -0.318. The van der Waals surface area contributed by atoms with Crippen molar-refractivity contribution in [3.8, 4) is 0 Å². The Hall–Kier alpha value is -1.12. The number of carbonyl (C=O) groups excluding carboxylic acids is 2. The highest BCUT2D eigenvalue weighted by molar-refractivity contribution is 5.66. The average Bonchev–Trinajstić information content (AvgIpc) is 2.98. The lowest BCUT2D eigenvalue weighted by atomic mass is 9.41. The fourth-order valence-corrected chi connectivity index (χ4v) is 7.80. The lowest BCUT2D eigenvalue weighted by molar-refractivity contribution is -0.205. The summed E-state index contributed by atoms with van der Waals surface area (Å²) in [6.07, 6.45) is 9.03. The lowest BCUT2D eigenvalue weighted by Gasteiger charge is -2.64. The summed E-state index contributed by atoms with van der Waals surface area (Å²) >= 11 is 0. The van der Waals surface area contributed by atoms with Gasteiger partial charge in [-0.2, -0.15) is 0 Å². The van der Waals surface area contributed by atoms with Crippen LogP contribution in [0.1, 0.15) is 68.1 Å². The molecule has 0 aromatic heterocycles. The van der Waals surface area contributed by atoms with Gasteiger partial charge in [0.2, 0.25) is 0 Å². The van der Waals surface area contributed by atoms with Crippen molar-refractivity contribution in [1.29, 1.82) is 0 Å². The number of esters is 1. The van der Waals surface area contributed by atoms with E-state index < -0.39 is 6.26 Å². The predicted octanol–water partition coefficient (Wildman–Crippen LogP) is 4.55. The van der Waals surface area contributed by atoms with E-state index in [0.29, 0.717) is 5.92 Å². The summed E-state index contributed by atoms with van der Waals surface area (Å²) in [6.45, 7) is 10.6. The quantitative estimate of drug-likeness (QED) is 0.419. The first-order chi connectivity index (χ1) is 12.0. The van der Waals surface area contributed by atoms with Gasteiger partial charge in [-0.25, -0.2) is 0 Å². The number of hydrogen-bond acceptors (Lipinski definition) is 3. The highest BCUT2D eigenvalue weighted by Crippen LogP contribution is 2.76. The van der Waals surface area contributed by atoms with Crippen LogP contribution >= 0.6 is 0 Å². The first-order valence-corrected chi connectivity index (χ1v) is 9.84. The molecule has 4 aliphatic rings. The summed E-state index contributed by atoms with van der Waals surface area (Å²) < 4.78 is 14.0. The van der Waals surface area contributed by atoms with Crippen LogP contribution in [-0.4, -0.2) is 18.3 Å². The van der Waals surface area contributed by atoms with E-state index >= 15 is 0 Å². The SMILES string of the molecule is [2H]C(=O)[C@@H]1C2[C@]3(C=C[C@]1(C)C3)CCC1C(C)(C)CC[C@H](OC(C)=O)[C@]12C. The Morgan fingerprint density at radius 3 is 2.56 bits per heavy atom. The third-order valence-corrected chi connectivity index (χ3v) is 8.61. The Bertz CT molecular complexity index is 698. The average molecular weight is 346 g/mol. The van der Waals surface area contributed by atoms with E-state index in [1.807, 2.05) is 0 Å². The Morgan fingerprint density at radius 1 is 1.20 bits per heavy atom. The maximum Gasteiger partial charge on any atom is 0.302 e. The summed E-state index contributed by atoms with van der Waals surface area (Å²) in [5, 5.41) is 0. The van der Waals surface area contributed by atoms with Crippen molar-refractivity contribution in [3.63, 3.8) is 0 Å². The van der Waals surface area contributed by atoms with Crippen LogP contribution < -0.4 is 0 Å². The van der Waals surface area contributed by atoms with Crippen molar-refractivity contribution in [2.24, 2.45) is 39.4 Å². The number of carbonyl (C=O) groups is 2. The highest BCUT2D eigenvalue weighted by Gasteiger charge is 2.72. The van der Waals surface area contributed by atoms with Gasteiger partial charge in [0.05, 0.1) is 0 Å². The molecule has 0 saturated heterocycles. The minimum Gasteiger partial charge on any atom is -0.462 e. The van der Waals surface area contributed by atoms with E-state index in [9.17, 15) is 9.59 Å². The molecule has 3 saturated carbocycles. The second-order valence-electron chi connectivity index (χ2n) is 10.4. The molecule has 4 rings (SSSR count). The first kappa shape index (κ1) is 16.1. The smallest absolute Gasteiger partial charge is 0.302 e. The molecule has 0 aliphatic heterocycles. The number of rotatable bonds is 2. The molecule has 138 valence electrons. The molecule has 4 aliphatic carbocycles. The van der Waals surface area contributed by atoms with Gasteiger partial charge in [0.1, 0.15) is 13.7 Å². The minimum absolute atomic E-state index is 0.00675. The van der Waals surface area contributed by atoms with E-state index in [1.54, 1.807) is 0 Å². The van der Waals surface area contributed by atoms with E-state index in [1.165, 1.54) is 6.92 Å². The number of hydrogen-bond donors (Lipinski definition) is 0. The van der Waals surface area contributed by atoms with Crippen molar-refractivity contribution in [2.75, 3.05) is 0 Å². The molecule has 7 atom stereocenters. The molecule has 0 aromatic carbocycles. The normalized spacial score (nSPS) is 52.9. The zero-order valence-corrected chi connectivity index (χ0v) is 16.2. The van der Waals surface area contributed by atoms with E-state index in [0.717, 1.165) is 32.1 Å². The van der Waals surface area contributed by atoms with Gasteiger partial charge >= 0.3 is 5.97 Å². The van der Waals surface area contributed by atoms with Crippen molar-refractivity contribution >= 4 is 12.2 Å².